The van der Waals surface area contributed by atoms with Crippen LogP contribution in [0.25, 0.3) is 0 Å². The summed E-state index contributed by atoms with van der Waals surface area (Å²) in [7, 11) is 0. The molecule has 1 aliphatic carbocycles. The number of carboxylic acid groups (broad SMARTS) is 1. The standard InChI is InChI=1S/C17H23NO4/c1-11(2)22-15-10-6-5-9-14(15)18-16(19)12-7-3-4-8-13(12)17(20)21/h5-6,9-13H,3-4,7-8H2,1-2H3,(H,18,19)(H,20,21). The van der Waals surface area contributed by atoms with Crippen LogP contribution in [-0.4, -0.2) is 23.1 Å². The maximum absolute atomic E-state index is 12.5. The van der Waals surface area contributed by atoms with Crippen LogP contribution in [0.5, 0.6) is 5.75 Å². The number of para-hydroxylation sites is 2. The zero-order valence-corrected chi connectivity index (χ0v) is 13.0. The number of nitrogens with one attached hydrogen (secondary N) is 1. The van der Waals surface area contributed by atoms with E-state index in [-0.39, 0.29) is 12.0 Å². The van der Waals surface area contributed by atoms with Crippen LogP contribution in [0.2, 0.25) is 0 Å². The minimum atomic E-state index is -0.883. The molecule has 2 unspecified atom stereocenters. The van der Waals surface area contributed by atoms with Crippen molar-refractivity contribution < 1.29 is 19.4 Å². The van der Waals surface area contributed by atoms with Gasteiger partial charge in [0.25, 0.3) is 0 Å². The monoisotopic (exact) mass is 305 g/mol. The Hall–Kier alpha value is -2.04. The van der Waals surface area contributed by atoms with Gasteiger partial charge in [0.1, 0.15) is 5.75 Å². The van der Waals surface area contributed by atoms with Crippen LogP contribution in [0.15, 0.2) is 24.3 Å². The molecule has 5 nitrogen and oxygen atoms in total. The molecule has 1 aromatic rings. The Bertz CT molecular complexity index is 541. The average molecular weight is 305 g/mol. The van der Waals surface area contributed by atoms with Gasteiger partial charge in [-0.1, -0.05) is 25.0 Å². The highest BCUT2D eigenvalue weighted by molar-refractivity contribution is 5.96. The van der Waals surface area contributed by atoms with E-state index in [1.54, 1.807) is 12.1 Å². The van der Waals surface area contributed by atoms with Crippen molar-refractivity contribution in [1.82, 2.24) is 0 Å². The van der Waals surface area contributed by atoms with Crippen LogP contribution in [0.3, 0.4) is 0 Å². The van der Waals surface area contributed by atoms with E-state index in [1.165, 1.54) is 0 Å². The summed E-state index contributed by atoms with van der Waals surface area (Å²) in [6, 6.07) is 7.23. The molecule has 1 aliphatic rings. The van der Waals surface area contributed by atoms with E-state index in [2.05, 4.69) is 5.32 Å². The van der Waals surface area contributed by atoms with Crippen LogP contribution < -0.4 is 10.1 Å². The van der Waals surface area contributed by atoms with Gasteiger partial charge in [0.2, 0.25) is 5.91 Å². The largest absolute Gasteiger partial charge is 0.489 e. The second-order valence-electron chi connectivity index (χ2n) is 5.99. The zero-order valence-electron chi connectivity index (χ0n) is 13.0. The predicted molar refractivity (Wildman–Crippen MR) is 83.9 cm³/mol. The van der Waals surface area contributed by atoms with Crippen LogP contribution in [0.1, 0.15) is 39.5 Å². The topological polar surface area (TPSA) is 75.6 Å². The summed E-state index contributed by atoms with van der Waals surface area (Å²) in [5, 5.41) is 12.1. The molecule has 0 aromatic heterocycles. The molecule has 22 heavy (non-hydrogen) atoms. The third-order valence-corrected chi connectivity index (χ3v) is 3.93. The third-order valence-electron chi connectivity index (χ3n) is 3.93. The van der Waals surface area contributed by atoms with Gasteiger partial charge < -0.3 is 15.2 Å². The first-order valence-electron chi connectivity index (χ1n) is 7.78. The van der Waals surface area contributed by atoms with E-state index in [1.807, 2.05) is 26.0 Å². The first-order valence-corrected chi connectivity index (χ1v) is 7.78. The number of hydrogen-bond acceptors (Lipinski definition) is 3. The Morgan fingerprint density at radius 1 is 1.18 bits per heavy atom. The molecule has 1 amide bonds. The van der Waals surface area contributed by atoms with Gasteiger partial charge in [-0.05, 0) is 38.8 Å². The maximum Gasteiger partial charge on any atom is 0.307 e. The fourth-order valence-corrected chi connectivity index (χ4v) is 2.89. The molecular weight excluding hydrogens is 282 g/mol. The smallest absolute Gasteiger partial charge is 0.307 e. The molecule has 0 bridgehead atoms. The van der Waals surface area contributed by atoms with E-state index in [4.69, 9.17) is 4.74 Å². The van der Waals surface area contributed by atoms with Crippen molar-refractivity contribution in [3.63, 3.8) is 0 Å². The third kappa shape index (κ3) is 4.00. The number of carbonyl (C=O) groups excluding carboxylic acids is 1. The molecule has 0 saturated heterocycles. The molecule has 1 aromatic carbocycles. The van der Waals surface area contributed by atoms with Gasteiger partial charge in [-0.2, -0.15) is 0 Å². The summed E-state index contributed by atoms with van der Waals surface area (Å²) in [6.45, 7) is 3.83. The molecule has 0 spiro atoms. The number of amides is 1. The van der Waals surface area contributed by atoms with Crippen molar-refractivity contribution in [2.75, 3.05) is 5.32 Å². The van der Waals surface area contributed by atoms with E-state index >= 15 is 0 Å². The minimum Gasteiger partial charge on any atom is -0.489 e. The lowest BCUT2D eigenvalue weighted by atomic mass is 9.78. The maximum atomic E-state index is 12.5. The van der Waals surface area contributed by atoms with Crippen LogP contribution >= 0.6 is 0 Å². The molecule has 1 saturated carbocycles. The summed E-state index contributed by atoms with van der Waals surface area (Å²) in [5.41, 5.74) is 0.593. The molecule has 2 rings (SSSR count). The first-order chi connectivity index (χ1) is 10.5. The van der Waals surface area contributed by atoms with Crippen LogP contribution in [0, 0.1) is 11.8 Å². The fraction of sp³-hybridized carbons (Fsp3) is 0.529. The zero-order chi connectivity index (χ0) is 16.1. The lowest BCUT2D eigenvalue weighted by Gasteiger charge is -2.27. The van der Waals surface area contributed by atoms with E-state index < -0.39 is 17.8 Å². The molecular formula is C17H23NO4. The number of rotatable bonds is 5. The van der Waals surface area contributed by atoms with E-state index in [9.17, 15) is 14.7 Å². The predicted octanol–water partition coefficient (Wildman–Crippen LogP) is 3.30. The molecule has 0 radical (unpaired) electrons. The molecule has 2 N–H and O–H groups in total. The summed E-state index contributed by atoms with van der Waals surface area (Å²) in [4.78, 5) is 23.8. The minimum absolute atomic E-state index is 0.000462. The van der Waals surface area contributed by atoms with Gasteiger partial charge >= 0.3 is 5.97 Å². The normalized spacial score (nSPS) is 21.4. The summed E-state index contributed by atoms with van der Waals surface area (Å²) >= 11 is 0. The molecule has 0 heterocycles. The Kier molecular flexibility index (Phi) is 5.41. The number of benzene rings is 1. The number of carboxylic acids is 1. The average Bonchev–Trinajstić information content (AvgIpc) is 2.48. The summed E-state index contributed by atoms with van der Waals surface area (Å²) in [5.74, 6) is -1.57. The highest BCUT2D eigenvalue weighted by atomic mass is 16.5. The number of anilines is 1. The van der Waals surface area contributed by atoms with Crippen molar-refractivity contribution in [1.29, 1.82) is 0 Å². The first kappa shape index (κ1) is 16.3. The number of aliphatic carboxylic acids is 1. The van der Waals surface area contributed by atoms with Gasteiger partial charge in [-0.15, -0.1) is 0 Å². The number of hydrogen-bond donors (Lipinski definition) is 2. The molecule has 0 aliphatic heterocycles. The number of ether oxygens (including phenoxy) is 1. The van der Waals surface area contributed by atoms with Crippen LogP contribution in [0.4, 0.5) is 5.69 Å². The Morgan fingerprint density at radius 3 is 2.45 bits per heavy atom. The van der Waals surface area contributed by atoms with Gasteiger partial charge in [0.05, 0.1) is 23.6 Å². The van der Waals surface area contributed by atoms with Crippen molar-refractivity contribution in [3.8, 4) is 5.75 Å². The summed E-state index contributed by atoms with van der Waals surface area (Å²) < 4.78 is 5.68. The van der Waals surface area contributed by atoms with Crippen LogP contribution in [-0.2, 0) is 9.59 Å². The lowest BCUT2D eigenvalue weighted by Crippen LogP contribution is -2.36. The second kappa shape index (κ2) is 7.29. The molecule has 2 atom stereocenters. The van der Waals surface area contributed by atoms with Gasteiger partial charge in [-0.25, -0.2) is 0 Å². The van der Waals surface area contributed by atoms with Gasteiger partial charge in [0.15, 0.2) is 0 Å². The SMILES string of the molecule is CC(C)Oc1ccccc1NC(=O)C1CCCCC1C(=O)O. The Balaban J connectivity index is 2.12. The Labute approximate surface area is 130 Å². The van der Waals surface area contributed by atoms with Crippen molar-refractivity contribution in [2.45, 2.75) is 45.6 Å². The quantitative estimate of drug-likeness (QED) is 0.875. The summed E-state index contributed by atoms with van der Waals surface area (Å²) in [6.07, 6.45) is 2.95. The second-order valence-corrected chi connectivity index (χ2v) is 5.99. The van der Waals surface area contributed by atoms with Crippen molar-refractivity contribution in [2.24, 2.45) is 11.8 Å². The molecule has 1 fully saturated rings. The van der Waals surface area contributed by atoms with E-state index in [0.717, 1.165) is 12.8 Å². The van der Waals surface area contributed by atoms with Crippen molar-refractivity contribution >= 4 is 17.6 Å². The number of carbonyl (C=O) groups is 2. The Morgan fingerprint density at radius 2 is 1.82 bits per heavy atom. The van der Waals surface area contributed by atoms with Crippen molar-refractivity contribution in [3.05, 3.63) is 24.3 Å². The highest BCUT2D eigenvalue weighted by Gasteiger charge is 2.35. The highest BCUT2D eigenvalue weighted by Crippen LogP contribution is 2.32. The van der Waals surface area contributed by atoms with Gasteiger partial charge in [0, 0.05) is 0 Å². The fourth-order valence-electron chi connectivity index (χ4n) is 2.89. The molecule has 5 heteroatoms. The molecule has 120 valence electrons. The van der Waals surface area contributed by atoms with Gasteiger partial charge in [-0.3, -0.25) is 9.59 Å². The van der Waals surface area contributed by atoms with E-state index in [0.29, 0.717) is 24.3 Å². The lowest BCUT2D eigenvalue weighted by molar-refractivity contribution is -0.147.